The molecule has 254 valence electrons. The summed E-state index contributed by atoms with van der Waals surface area (Å²) >= 11 is 11.3. The first-order valence-electron chi connectivity index (χ1n) is 16.1. The molecule has 4 aliphatic rings. The minimum atomic E-state index is -1.23. The highest BCUT2D eigenvalue weighted by atomic mass is 79.9. The number of rotatable bonds is 9. The number of carbonyl (C=O) groups excluding carboxylic acids is 5. The zero-order valence-corrected chi connectivity index (χ0v) is 31.7. The molecule has 1 saturated heterocycles. The molecule has 3 aliphatic carbocycles. The van der Waals surface area contributed by atoms with E-state index in [1.54, 1.807) is 24.3 Å². The Morgan fingerprint density at radius 2 is 1.18 bits per heavy atom. The molecular weight excluding hydrogens is 834 g/mol. The zero-order valence-electron chi connectivity index (χ0n) is 26.9. The first-order valence-corrected chi connectivity index (χ1v) is 18.5. The lowest BCUT2D eigenvalue weighted by Gasteiger charge is -2.55. The molecule has 3 atom stereocenters. The molecule has 2 amide bonds. The smallest absolute Gasteiger partial charge is 0.343 e. The molecule has 4 aromatic carbocycles. The Morgan fingerprint density at radius 1 is 0.720 bits per heavy atom. The van der Waals surface area contributed by atoms with Gasteiger partial charge >= 0.3 is 11.9 Å². The molecule has 0 N–H and O–H groups in total. The number of imide groups is 1. The van der Waals surface area contributed by atoms with E-state index in [9.17, 15) is 24.0 Å². The maximum absolute atomic E-state index is 14.5. The predicted molar refractivity (Wildman–Crippen MR) is 195 cm³/mol. The molecule has 1 aliphatic heterocycles. The number of nitrogens with zero attached hydrogens (tertiary/aromatic N) is 1. The molecule has 2 bridgehead atoms. The van der Waals surface area contributed by atoms with E-state index < -0.39 is 62.7 Å². The SMILES string of the molecule is CC(C)CC(C(=O)OCC(=O)c1ccc(OC(=O)c2ccc(Br)cc2)cc1)N1C(=O)C2C(C1=O)C1(Br)c3ccccc3C2(Br)c2ccccc21. The van der Waals surface area contributed by atoms with Crippen molar-refractivity contribution in [2.45, 2.75) is 35.0 Å². The van der Waals surface area contributed by atoms with Crippen molar-refractivity contribution in [1.82, 2.24) is 4.90 Å². The van der Waals surface area contributed by atoms with Gasteiger partial charge in [0.05, 0.1) is 26.0 Å². The summed E-state index contributed by atoms with van der Waals surface area (Å²) in [5.74, 6) is -4.32. The van der Waals surface area contributed by atoms with Crippen LogP contribution in [0.1, 0.15) is 63.2 Å². The minimum absolute atomic E-state index is 0.0823. The van der Waals surface area contributed by atoms with Gasteiger partial charge in [0.1, 0.15) is 11.8 Å². The van der Waals surface area contributed by atoms with Gasteiger partial charge in [-0.25, -0.2) is 9.59 Å². The fraction of sp³-hybridized carbons (Fsp3) is 0.256. The molecule has 50 heavy (non-hydrogen) atoms. The van der Waals surface area contributed by atoms with Crippen LogP contribution in [0.25, 0.3) is 0 Å². The van der Waals surface area contributed by atoms with Crippen LogP contribution in [0.4, 0.5) is 0 Å². The number of carbonyl (C=O) groups is 5. The topological polar surface area (TPSA) is 107 Å². The van der Waals surface area contributed by atoms with E-state index in [1.807, 2.05) is 62.4 Å². The first-order chi connectivity index (χ1) is 23.9. The molecule has 8 nitrogen and oxygen atoms in total. The summed E-state index contributed by atoms with van der Waals surface area (Å²) in [6, 6.07) is 26.9. The Balaban J connectivity index is 1.11. The standard InChI is InChI=1S/C39H30Br3NO7/c1-21(2)19-30(37(48)49-20-31(44)22-13-17-25(18-14-22)50-36(47)23-11-15-24(40)16-12-23)43-34(45)32-33(35(43)46)39(42)27-8-4-3-7-26(27)38(32,41)28-9-5-6-10-29(28)39/h3-18,21,30,32-33H,19-20H2,1-2H3. The van der Waals surface area contributed by atoms with Gasteiger partial charge < -0.3 is 9.47 Å². The average molecular weight is 864 g/mol. The summed E-state index contributed by atoms with van der Waals surface area (Å²) in [5.41, 5.74) is 4.16. The van der Waals surface area contributed by atoms with E-state index in [0.29, 0.717) is 5.56 Å². The van der Waals surface area contributed by atoms with Crippen molar-refractivity contribution in [1.29, 1.82) is 0 Å². The number of hydrogen-bond donors (Lipinski definition) is 0. The largest absolute Gasteiger partial charge is 0.456 e. The van der Waals surface area contributed by atoms with Crippen LogP contribution in [0.15, 0.2) is 102 Å². The highest BCUT2D eigenvalue weighted by Crippen LogP contribution is 2.70. The molecule has 4 aromatic rings. The number of esters is 2. The molecule has 0 saturated carbocycles. The Hall–Kier alpha value is -3.93. The third-order valence-electron chi connectivity index (χ3n) is 9.71. The van der Waals surface area contributed by atoms with E-state index >= 15 is 0 Å². The van der Waals surface area contributed by atoms with Gasteiger partial charge in [-0.05, 0) is 83.1 Å². The van der Waals surface area contributed by atoms with E-state index in [2.05, 4.69) is 47.8 Å². The zero-order chi connectivity index (χ0) is 35.5. The highest BCUT2D eigenvalue weighted by Gasteiger charge is 2.73. The molecule has 0 aromatic heterocycles. The van der Waals surface area contributed by atoms with E-state index in [0.717, 1.165) is 31.6 Å². The second-order valence-corrected chi connectivity index (χ2v) is 16.5. The summed E-state index contributed by atoms with van der Waals surface area (Å²) in [7, 11) is 0. The molecule has 11 heteroatoms. The Kier molecular flexibility index (Phi) is 8.97. The molecule has 3 unspecified atom stereocenters. The normalized spacial score (nSPS) is 23.6. The van der Waals surface area contributed by atoms with Crippen LogP contribution in [0, 0.1) is 17.8 Å². The predicted octanol–water partition coefficient (Wildman–Crippen LogP) is 7.71. The lowest BCUT2D eigenvalue weighted by molar-refractivity contribution is -0.159. The van der Waals surface area contributed by atoms with Gasteiger partial charge in [0.25, 0.3) is 0 Å². The number of amides is 2. The van der Waals surface area contributed by atoms with Crippen molar-refractivity contribution < 1.29 is 33.4 Å². The molecule has 1 heterocycles. The highest BCUT2D eigenvalue weighted by molar-refractivity contribution is 9.10. The Bertz CT molecular complexity index is 1940. The van der Waals surface area contributed by atoms with E-state index in [4.69, 9.17) is 9.47 Å². The monoisotopic (exact) mass is 861 g/mol. The summed E-state index contributed by atoms with van der Waals surface area (Å²) in [6.07, 6.45) is 0.160. The summed E-state index contributed by atoms with van der Waals surface area (Å²) in [6.45, 7) is 3.18. The fourth-order valence-corrected chi connectivity index (χ4v) is 10.1. The van der Waals surface area contributed by atoms with Crippen LogP contribution in [0.3, 0.4) is 0 Å². The molecule has 0 radical (unpaired) electrons. The lowest BCUT2D eigenvalue weighted by atomic mass is 9.54. The number of ketones is 1. The quantitative estimate of drug-likeness (QED) is 0.0558. The number of benzene rings is 4. The molecule has 0 spiro atoms. The summed E-state index contributed by atoms with van der Waals surface area (Å²) < 4.78 is 9.78. The Morgan fingerprint density at radius 3 is 1.64 bits per heavy atom. The van der Waals surface area contributed by atoms with Crippen molar-refractivity contribution in [3.05, 3.63) is 135 Å². The maximum Gasteiger partial charge on any atom is 0.343 e. The minimum Gasteiger partial charge on any atom is -0.456 e. The number of halogens is 3. The van der Waals surface area contributed by atoms with Gasteiger partial charge in [-0.2, -0.15) is 0 Å². The summed E-state index contributed by atoms with van der Waals surface area (Å²) in [5, 5.41) is 0. The van der Waals surface area contributed by atoms with Crippen LogP contribution in [-0.4, -0.2) is 47.1 Å². The van der Waals surface area contributed by atoms with Crippen molar-refractivity contribution in [3.63, 3.8) is 0 Å². The van der Waals surface area contributed by atoms with Crippen molar-refractivity contribution in [3.8, 4) is 5.75 Å². The van der Waals surface area contributed by atoms with Crippen LogP contribution in [0.5, 0.6) is 5.75 Å². The van der Waals surface area contributed by atoms with Gasteiger partial charge in [0, 0.05) is 10.0 Å². The third kappa shape index (κ3) is 5.40. The number of likely N-dealkylation sites (tertiary alicyclic amines) is 1. The molecule has 1 fully saturated rings. The van der Waals surface area contributed by atoms with Gasteiger partial charge in [-0.1, -0.05) is 110 Å². The van der Waals surface area contributed by atoms with Crippen LogP contribution < -0.4 is 4.74 Å². The van der Waals surface area contributed by atoms with Crippen LogP contribution in [-0.2, 0) is 27.8 Å². The van der Waals surface area contributed by atoms with Crippen LogP contribution in [0.2, 0.25) is 0 Å². The number of Topliss-reactive ketones (excluding diaryl/α,β-unsaturated/α-hetero) is 1. The number of hydrogen-bond acceptors (Lipinski definition) is 7. The molecular formula is C39H30Br3NO7. The Labute approximate surface area is 313 Å². The summed E-state index contributed by atoms with van der Waals surface area (Å²) in [4.78, 5) is 69.6. The number of ether oxygens (including phenoxy) is 2. The first kappa shape index (κ1) is 34.5. The van der Waals surface area contributed by atoms with Crippen LogP contribution >= 0.6 is 47.8 Å². The second kappa shape index (κ2) is 13.0. The lowest BCUT2D eigenvalue weighted by Crippen LogP contribution is -2.56. The van der Waals surface area contributed by atoms with Crippen molar-refractivity contribution in [2.24, 2.45) is 17.8 Å². The van der Waals surface area contributed by atoms with E-state index in [1.165, 1.54) is 24.3 Å². The second-order valence-electron chi connectivity index (χ2n) is 13.1. The molecule has 8 rings (SSSR count). The third-order valence-corrected chi connectivity index (χ3v) is 12.9. The van der Waals surface area contributed by atoms with Crippen molar-refractivity contribution in [2.75, 3.05) is 6.61 Å². The van der Waals surface area contributed by atoms with Gasteiger partial charge in [-0.3, -0.25) is 19.3 Å². The van der Waals surface area contributed by atoms with E-state index in [-0.39, 0.29) is 23.7 Å². The van der Waals surface area contributed by atoms with Gasteiger partial charge in [-0.15, -0.1) is 0 Å². The van der Waals surface area contributed by atoms with Crippen molar-refractivity contribution >= 4 is 77.3 Å². The van der Waals surface area contributed by atoms with Gasteiger partial charge in [0.15, 0.2) is 12.4 Å². The maximum atomic E-state index is 14.5. The fourth-order valence-electron chi connectivity index (χ4n) is 7.53. The van der Waals surface area contributed by atoms with Gasteiger partial charge in [0.2, 0.25) is 11.8 Å². The number of alkyl halides is 2. The average Bonchev–Trinajstić information content (AvgIpc) is 3.39.